The van der Waals surface area contributed by atoms with Gasteiger partial charge in [-0.3, -0.25) is 9.88 Å². The van der Waals surface area contributed by atoms with E-state index in [1.54, 1.807) is 6.20 Å². The van der Waals surface area contributed by atoms with Gasteiger partial charge < -0.3 is 10.1 Å². The van der Waals surface area contributed by atoms with E-state index in [0.717, 1.165) is 25.3 Å². The molecule has 0 saturated carbocycles. The van der Waals surface area contributed by atoms with Gasteiger partial charge in [0, 0.05) is 25.8 Å². The molecule has 1 amide bonds. The predicted octanol–water partition coefficient (Wildman–Crippen LogP) is 2.68. The van der Waals surface area contributed by atoms with Crippen LogP contribution in [-0.2, 0) is 11.3 Å². The van der Waals surface area contributed by atoms with Crippen LogP contribution in [-0.4, -0.2) is 42.7 Å². The molecule has 1 aromatic rings. The van der Waals surface area contributed by atoms with Crippen molar-refractivity contribution in [2.75, 3.05) is 26.7 Å². The first kappa shape index (κ1) is 18.4. The van der Waals surface area contributed by atoms with Crippen LogP contribution in [0.2, 0.25) is 0 Å². The third kappa shape index (κ3) is 9.33. The number of amides is 1. The summed E-state index contributed by atoms with van der Waals surface area (Å²) in [7, 11) is 1.36. The SMILES string of the molecule is CCC.CCN(CCNC(=O)OC)Cc1ccccn1. The molecule has 0 radical (unpaired) electrons. The number of rotatable bonds is 6. The number of aromatic nitrogens is 1. The Morgan fingerprint density at radius 1 is 1.35 bits per heavy atom. The molecule has 114 valence electrons. The first-order valence-electron chi connectivity index (χ1n) is 7.11. The van der Waals surface area contributed by atoms with E-state index in [2.05, 4.69) is 40.7 Å². The molecule has 1 N–H and O–H groups in total. The summed E-state index contributed by atoms with van der Waals surface area (Å²) in [6.45, 7) is 9.40. The Bertz CT molecular complexity index is 344. The van der Waals surface area contributed by atoms with E-state index in [1.807, 2.05) is 18.2 Å². The Morgan fingerprint density at radius 3 is 2.55 bits per heavy atom. The van der Waals surface area contributed by atoms with E-state index in [0.29, 0.717) is 6.54 Å². The molecule has 0 unspecified atom stereocenters. The smallest absolute Gasteiger partial charge is 0.406 e. The minimum atomic E-state index is -0.390. The predicted molar refractivity (Wildman–Crippen MR) is 81.6 cm³/mol. The van der Waals surface area contributed by atoms with Crippen molar-refractivity contribution < 1.29 is 9.53 Å². The number of nitrogens with zero attached hydrogens (tertiary/aromatic N) is 2. The van der Waals surface area contributed by atoms with Crippen molar-refractivity contribution in [2.45, 2.75) is 33.7 Å². The van der Waals surface area contributed by atoms with Gasteiger partial charge in [-0.25, -0.2) is 4.79 Å². The zero-order valence-corrected chi connectivity index (χ0v) is 13.1. The van der Waals surface area contributed by atoms with Gasteiger partial charge in [0.1, 0.15) is 0 Å². The number of nitrogens with one attached hydrogen (secondary N) is 1. The number of carbonyl (C=O) groups is 1. The summed E-state index contributed by atoms with van der Waals surface area (Å²) in [5, 5.41) is 2.66. The molecule has 0 spiro atoms. The first-order chi connectivity index (χ1) is 9.67. The molecular weight excluding hydrogens is 254 g/mol. The topological polar surface area (TPSA) is 54.5 Å². The number of alkyl carbamates (subject to hydrolysis) is 1. The van der Waals surface area contributed by atoms with Crippen molar-refractivity contribution in [3.63, 3.8) is 0 Å². The zero-order chi connectivity index (χ0) is 15.2. The normalized spacial score (nSPS) is 9.65. The maximum Gasteiger partial charge on any atom is 0.406 e. The quantitative estimate of drug-likeness (QED) is 0.871. The molecule has 0 atom stereocenters. The molecule has 0 fully saturated rings. The van der Waals surface area contributed by atoms with Crippen molar-refractivity contribution in [1.29, 1.82) is 0 Å². The summed E-state index contributed by atoms with van der Waals surface area (Å²) >= 11 is 0. The second-order valence-electron chi connectivity index (χ2n) is 4.32. The average molecular weight is 281 g/mol. The minimum absolute atomic E-state index is 0.390. The molecule has 1 rings (SSSR count). The van der Waals surface area contributed by atoms with Crippen LogP contribution in [0.15, 0.2) is 24.4 Å². The number of pyridine rings is 1. The molecule has 0 aliphatic rings. The molecule has 0 saturated heterocycles. The van der Waals surface area contributed by atoms with E-state index < -0.39 is 0 Å². The van der Waals surface area contributed by atoms with Crippen LogP contribution in [0, 0.1) is 0 Å². The number of likely N-dealkylation sites (N-methyl/N-ethyl adjacent to an activating group) is 1. The van der Waals surface area contributed by atoms with Crippen LogP contribution >= 0.6 is 0 Å². The van der Waals surface area contributed by atoms with Crippen LogP contribution in [0.4, 0.5) is 4.79 Å². The van der Waals surface area contributed by atoms with E-state index in [1.165, 1.54) is 13.5 Å². The summed E-state index contributed by atoms with van der Waals surface area (Å²) in [6, 6.07) is 5.87. The van der Waals surface area contributed by atoms with Gasteiger partial charge in [-0.15, -0.1) is 0 Å². The summed E-state index contributed by atoms with van der Waals surface area (Å²) < 4.78 is 4.50. The van der Waals surface area contributed by atoms with Crippen LogP contribution in [0.1, 0.15) is 32.9 Å². The Kier molecular flexibility index (Phi) is 11.4. The number of carbonyl (C=O) groups excluding carboxylic acids is 1. The van der Waals surface area contributed by atoms with Crippen LogP contribution in [0.3, 0.4) is 0 Å². The standard InChI is InChI=1S/C12H19N3O2.C3H8/c1-3-15(9-8-14-12(16)17-2)10-11-6-4-5-7-13-11;1-3-2/h4-7H,3,8-10H2,1-2H3,(H,14,16);3H2,1-2H3. The molecule has 20 heavy (non-hydrogen) atoms. The number of ether oxygens (including phenoxy) is 1. The van der Waals surface area contributed by atoms with Crippen LogP contribution in [0.25, 0.3) is 0 Å². The van der Waals surface area contributed by atoms with Gasteiger partial charge >= 0.3 is 6.09 Å². The maximum absolute atomic E-state index is 10.9. The van der Waals surface area contributed by atoms with Crippen molar-refractivity contribution in [1.82, 2.24) is 15.2 Å². The van der Waals surface area contributed by atoms with Gasteiger partial charge in [0.25, 0.3) is 0 Å². The lowest BCUT2D eigenvalue weighted by molar-refractivity contribution is 0.168. The molecule has 0 aliphatic carbocycles. The molecule has 0 aliphatic heterocycles. The molecule has 5 heteroatoms. The molecule has 5 nitrogen and oxygen atoms in total. The minimum Gasteiger partial charge on any atom is -0.453 e. The summed E-state index contributed by atoms with van der Waals surface area (Å²) in [6.07, 6.45) is 2.65. The molecule has 1 heterocycles. The summed E-state index contributed by atoms with van der Waals surface area (Å²) in [4.78, 5) is 17.4. The number of hydrogen-bond donors (Lipinski definition) is 1. The van der Waals surface area contributed by atoms with E-state index >= 15 is 0 Å². The van der Waals surface area contributed by atoms with Crippen LogP contribution in [0.5, 0.6) is 0 Å². The summed E-state index contributed by atoms with van der Waals surface area (Å²) in [5.41, 5.74) is 1.03. The average Bonchev–Trinajstić information content (AvgIpc) is 2.47. The Labute approximate surface area is 122 Å². The van der Waals surface area contributed by atoms with Gasteiger partial charge in [-0.05, 0) is 18.7 Å². The fourth-order valence-corrected chi connectivity index (χ4v) is 1.46. The van der Waals surface area contributed by atoms with Gasteiger partial charge in [-0.1, -0.05) is 33.3 Å². The lowest BCUT2D eigenvalue weighted by Crippen LogP contribution is -2.34. The Hall–Kier alpha value is -1.62. The fraction of sp³-hybridized carbons (Fsp3) is 0.600. The highest BCUT2D eigenvalue weighted by molar-refractivity contribution is 5.66. The van der Waals surface area contributed by atoms with E-state index in [9.17, 15) is 4.79 Å². The van der Waals surface area contributed by atoms with Crippen molar-refractivity contribution in [3.05, 3.63) is 30.1 Å². The van der Waals surface area contributed by atoms with Crippen molar-refractivity contribution in [3.8, 4) is 0 Å². The third-order valence-electron chi connectivity index (χ3n) is 2.44. The highest BCUT2D eigenvalue weighted by Gasteiger charge is 2.05. The highest BCUT2D eigenvalue weighted by Crippen LogP contribution is 1.99. The van der Waals surface area contributed by atoms with Gasteiger partial charge in [0.2, 0.25) is 0 Å². The lowest BCUT2D eigenvalue weighted by atomic mass is 10.3. The fourth-order valence-electron chi connectivity index (χ4n) is 1.46. The molecule has 1 aromatic heterocycles. The molecular formula is C15H27N3O2. The van der Waals surface area contributed by atoms with Gasteiger partial charge in [0.15, 0.2) is 0 Å². The number of hydrogen-bond acceptors (Lipinski definition) is 4. The lowest BCUT2D eigenvalue weighted by Gasteiger charge is -2.19. The van der Waals surface area contributed by atoms with Crippen molar-refractivity contribution in [2.24, 2.45) is 0 Å². The largest absolute Gasteiger partial charge is 0.453 e. The highest BCUT2D eigenvalue weighted by atomic mass is 16.5. The monoisotopic (exact) mass is 281 g/mol. The molecule has 0 bridgehead atoms. The van der Waals surface area contributed by atoms with Crippen molar-refractivity contribution >= 4 is 6.09 Å². The zero-order valence-electron chi connectivity index (χ0n) is 13.1. The van der Waals surface area contributed by atoms with E-state index in [4.69, 9.17) is 0 Å². The van der Waals surface area contributed by atoms with Gasteiger partial charge in [-0.2, -0.15) is 0 Å². The van der Waals surface area contributed by atoms with E-state index in [-0.39, 0.29) is 6.09 Å². The maximum atomic E-state index is 10.9. The van der Waals surface area contributed by atoms with Crippen LogP contribution < -0.4 is 5.32 Å². The third-order valence-corrected chi connectivity index (χ3v) is 2.44. The Morgan fingerprint density at radius 2 is 2.05 bits per heavy atom. The second kappa shape index (κ2) is 12.4. The van der Waals surface area contributed by atoms with Gasteiger partial charge in [0.05, 0.1) is 12.8 Å². The first-order valence-corrected chi connectivity index (χ1v) is 7.11. The number of methoxy groups -OCH3 is 1. The molecule has 0 aromatic carbocycles. The Balaban J connectivity index is 0.00000110. The second-order valence-corrected chi connectivity index (χ2v) is 4.32. The summed E-state index contributed by atoms with van der Waals surface area (Å²) in [5.74, 6) is 0.